The van der Waals surface area contributed by atoms with Crippen LogP contribution in [0.1, 0.15) is 18.6 Å². The number of aliphatic hydroxyl groups is 1. The molecule has 1 N–H and O–H groups in total. The highest BCUT2D eigenvalue weighted by atomic mass is 35.5. The third-order valence-electron chi connectivity index (χ3n) is 3.39. The Labute approximate surface area is 133 Å². The zero-order chi connectivity index (χ0) is 14.8. The lowest BCUT2D eigenvalue weighted by Gasteiger charge is -2.09. The average molecular weight is 315 g/mol. The molecule has 0 aliphatic rings. The Balaban J connectivity index is 1.91. The van der Waals surface area contributed by atoms with Crippen molar-refractivity contribution >= 4 is 34.1 Å². The molecular formula is C18H15ClOS. The smallest absolute Gasteiger partial charge is 0.0762 e. The summed E-state index contributed by atoms with van der Waals surface area (Å²) in [5.74, 6) is 0. The maximum absolute atomic E-state index is 9.58. The Morgan fingerprint density at radius 2 is 1.71 bits per heavy atom. The van der Waals surface area contributed by atoms with Crippen molar-refractivity contribution in [3.05, 3.63) is 71.2 Å². The predicted molar refractivity (Wildman–Crippen MR) is 90.2 cm³/mol. The minimum absolute atomic E-state index is 0.498. The summed E-state index contributed by atoms with van der Waals surface area (Å²) in [7, 11) is 0. The number of benzene rings is 3. The van der Waals surface area contributed by atoms with Crippen LogP contribution in [0, 0.1) is 0 Å². The van der Waals surface area contributed by atoms with Gasteiger partial charge >= 0.3 is 0 Å². The van der Waals surface area contributed by atoms with Crippen LogP contribution in [0.25, 0.3) is 10.8 Å². The van der Waals surface area contributed by atoms with E-state index in [0.29, 0.717) is 5.02 Å². The number of rotatable bonds is 3. The largest absolute Gasteiger partial charge is 0.389 e. The first kappa shape index (κ1) is 14.5. The number of hydrogen-bond donors (Lipinski definition) is 1. The van der Waals surface area contributed by atoms with E-state index >= 15 is 0 Å². The first-order valence-electron chi connectivity index (χ1n) is 6.77. The van der Waals surface area contributed by atoms with E-state index in [-0.39, 0.29) is 0 Å². The summed E-state index contributed by atoms with van der Waals surface area (Å²) in [6.07, 6.45) is -0.498. The summed E-state index contributed by atoms with van der Waals surface area (Å²) >= 11 is 7.95. The topological polar surface area (TPSA) is 20.2 Å². The Kier molecular flexibility index (Phi) is 4.20. The van der Waals surface area contributed by atoms with Crippen molar-refractivity contribution in [3.8, 4) is 0 Å². The van der Waals surface area contributed by atoms with E-state index in [1.54, 1.807) is 18.7 Å². The van der Waals surface area contributed by atoms with E-state index in [4.69, 9.17) is 11.6 Å². The lowest BCUT2D eigenvalue weighted by molar-refractivity contribution is 0.199. The van der Waals surface area contributed by atoms with Gasteiger partial charge in [0, 0.05) is 9.79 Å². The molecule has 21 heavy (non-hydrogen) atoms. The third kappa shape index (κ3) is 3.24. The average Bonchev–Trinajstić information content (AvgIpc) is 2.49. The van der Waals surface area contributed by atoms with Gasteiger partial charge in [0.1, 0.15) is 0 Å². The maximum Gasteiger partial charge on any atom is 0.0762 e. The highest BCUT2D eigenvalue weighted by Gasteiger charge is 2.07. The van der Waals surface area contributed by atoms with Crippen molar-refractivity contribution in [2.45, 2.75) is 22.8 Å². The van der Waals surface area contributed by atoms with E-state index in [1.807, 2.05) is 30.3 Å². The molecule has 106 valence electrons. The van der Waals surface area contributed by atoms with Gasteiger partial charge in [-0.2, -0.15) is 0 Å². The normalized spacial score (nSPS) is 12.5. The summed E-state index contributed by atoms with van der Waals surface area (Å²) < 4.78 is 0. The molecule has 3 aromatic carbocycles. The van der Waals surface area contributed by atoms with Crippen LogP contribution in [0.4, 0.5) is 0 Å². The fourth-order valence-corrected chi connectivity index (χ4v) is 3.39. The van der Waals surface area contributed by atoms with Gasteiger partial charge in [0.25, 0.3) is 0 Å². The molecule has 0 aromatic heterocycles. The molecule has 0 amide bonds. The van der Waals surface area contributed by atoms with Crippen LogP contribution in [0.15, 0.2) is 70.5 Å². The molecule has 0 saturated heterocycles. The van der Waals surface area contributed by atoms with Crippen molar-refractivity contribution in [1.29, 1.82) is 0 Å². The van der Waals surface area contributed by atoms with Crippen LogP contribution in [0.2, 0.25) is 5.02 Å². The van der Waals surface area contributed by atoms with E-state index in [1.165, 1.54) is 10.8 Å². The van der Waals surface area contributed by atoms with Gasteiger partial charge in [0.05, 0.1) is 11.1 Å². The first-order chi connectivity index (χ1) is 10.1. The third-order valence-corrected chi connectivity index (χ3v) is 4.88. The van der Waals surface area contributed by atoms with E-state index < -0.39 is 6.10 Å². The molecule has 3 heteroatoms. The molecule has 0 aliphatic carbocycles. The zero-order valence-corrected chi connectivity index (χ0v) is 13.2. The molecule has 3 rings (SSSR count). The van der Waals surface area contributed by atoms with Crippen LogP contribution in [0.3, 0.4) is 0 Å². The lowest BCUT2D eigenvalue weighted by atomic mass is 10.1. The summed E-state index contributed by atoms with van der Waals surface area (Å²) in [4.78, 5) is 2.15. The fourth-order valence-electron chi connectivity index (χ4n) is 2.22. The Bertz CT molecular complexity index is 783. The van der Waals surface area contributed by atoms with E-state index in [2.05, 4.69) is 30.3 Å². The Morgan fingerprint density at radius 1 is 0.952 bits per heavy atom. The van der Waals surface area contributed by atoms with Gasteiger partial charge in [-0.25, -0.2) is 0 Å². The molecule has 0 heterocycles. The van der Waals surface area contributed by atoms with Crippen LogP contribution < -0.4 is 0 Å². The summed E-state index contributed by atoms with van der Waals surface area (Å²) in [5, 5.41) is 12.7. The summed E-state index contributed by atoms with van der Waals surface area (Å²) in [6, 6.07) is 20.4. The SMILES string of the molecule is C[C@@H](O)c1ccc(Sc2ccc3ccccc3c2)c(Cl)c1. The second kappa shape index (κ2) is 6.10. The minimum Gasteiger partial charge on any atom is -0.389 e. The van der Waals surface area contributed by atoms with Gasteiger partial charge < -0.3 is 5.11 Å². The van der Waals surface area contributed by atoms with Gasteiger partial charge in [-0.1, -0.05) is 59.8 Å². The molecule has 0 saturated carbocycles. The molecule has 3 aromatic rings. The van der Waals surface area contributed by atoms with Gasteiger partial charge in [-0.05, 0) is 47.5 Å². The highest BCUT2D eigenvalue weighted by molar-refractivity contribution is 7.99. The van der Waals surface area contributed by atoms with Crippen molar-refractivity contribution in [2.24, 2.45) is 0 Å². The molecule has 1 nitrogen and oxygen atoms in total. The molecule has 0 unspecified atom stereocenters. The predicted octanol–water partition coefficient (Wildman–Crippen LogP) is 5.70. The Hall–Kier alpha value is -1.48. The molecule has 0 fully saturated rings. The van der Waals surface area contributed by atoms with E-state index in [9.17, 15) is 5.11 Å². The van der Waals surface area contributed by atoms with Gasteiger partial charge in [0.15, 0.2) is 0 Å². The maximum atomic E-state index is 9.58. The second-order valence-electron chi connectivity index (χ2n) is 4.98. The number of aliphatic hydroxyl groups excluding tert-OH is 1. The van der Waals surface area contributed by atoms with Crippen LogP contribution >= 0.6 is 23.4 Å². The number of hydrogen-bond acceptors (Lipinski definition) is 2. The highest BCUT2D eigenvalue weighted by Crippen LogP contribution is 2.35. The van der Waals surface area contributed by atoms with Crippen molar-refractivity contribution < 1.29 is 5.11 Å². The summed E-state index contributed by atoms with van der Waals surface area (Å²) in [6.45, 7) is 1.74. The molecule has 0 bridgehead atoms. The van der Waals surface area contributed by atoms with Crippen LogP contribution in [0.5, 0.6) is 0 Å². The molecule has 0 radical (unpaired) electrons. The Morgan fingerprint density at radius 3 is 2.43 bits per heavy atom. The fraction of sp³-hybridized carbons (Fsp3) is 0.111. The molecular weight excluding hydrogens is 300 g/mol. The minimum atomic E-state index is -0.498. The van der Waals surface area contributed by atoms with Crippen molar-refractivity contribution in [3.63, 3.8) is 0 Å². The number of halogens is 1. The lowest BCUT2D eigenvalue weighted by Crippen LogP contribution is -1.90. The first-order valence-corrected chi connectivity index (χ1v) is 7.97. The summed E-state index contributed by atoms with van der Waals surface area (Å²) in [5.41, 5.74) is 0.836. The number of fused-ring (bicyclic) bond motifs is 1. The van der Waals surface area contributed by atoms with E-state index in [0.717, 1.165) is 15.4 Å². The quantitative estimate of drug-likeness (QED) is 0.669. The molecule has 0 aliphatic heterocycles. The van der Waals surface area contributed by atoms with Gasteiger partial charge in [-0.3, -0.25) is 0 Å². The van der Waals surface area contributed by atoms with Crippen LogP contribution in [-0.4, -0.2) is 5.11 Å². The van der Waals surface area contributed by atoms with Crippen molar-refractivity contribution in [2.75, 3.05) is 0 Å². The standard InChI is InChI=1S/C18H15ClOS/c1-12(20)14-7-9-18(17(19)11-14)21-16-8-6-13-4-2-3-5-15(13)10-16/h2-12,20H,1H3/t12-/m1/s1. The monoisotopic (exact) mass is 314 g/mol. The molecule has 1 atom stereocenters. The van der Waals surface area contributed by atoms with Crippen LogP contribution in [-0.2, 0) is 0 Å². The second-order valence-corrected chi connectivity index (χ2v) is 6.50. The van der Waals surface area contributed by atoms with Gasteiger partial charge in [0.2, 0.25) is 0 Å². The molecule has 0 spiro atoms. The zero-order valence-electron chi connectivity index (χ0n) is 11.6. The van der Waals surface area contributed by atoms with Crippen molar-refractivity contribution in [1.82, 2.24) is 0 Å². The van der Waals surface area contributed by atoms with Gasteiger partial charge in [-0.15, -0.1) is 0 Å².